The molecule has 0 spiro atoms. The minimum Gasteiger partial charge on any atom is -0.481 e. The first-order valence-electron chi connectivity index (χ1n) is 7.22. The lowest BCUT2D eigenvalue weighted by Gasteiger charge is -2.32. The molecule has 3 unspecified atom stereocenters. The molecule has 1 rings (SSSR count). The quantitative estimate of drug-likeness (QED) is 0.382. The smallest absolute Gasteiger partial charge is 0.314 e. The molecule has 1 aliphatic rings. The molecule has 122 valence electrons. The molecule has 0 aliphatic carbocycles. The van der Waals surface area contributed by atoms with Gasteiger partial charge in [0, 0.05) is 26.1 Å². The summed E-state index contributed by atoms with van der Waals surface area (Å²) in [5.41, 5.74) is 0. The summed E-state index contributed by atoms with van der Waals surface area (Å²) in [6.07, 6.45) is 0.170. The van der Waals surface area contributed by atoms with Crippen LogP contribution in [0.2, 0.25) is 0 Å². The average Bonchev–Trinajstić information content (AvgIpc) is 2.44. The minimum absolute atomic E-state index is 0.128. The average molecular weight is 304 g/mol. The van der Waals surface area contributed by atoms with Crippen molar-refractivity contribution in [1.82, 2.24) is 10.6 Å². The van der Waals surface area contributed by atoms with Crippen molar-refractivity contribution in [3.8, 4) is 0 Å². The lowest BCUT2D eigenvalue weighted by molar-refractivity contribution is -0.137. The number of carboxylic acids is 1. The number of urea groups is 1. The molecule has 5 N–H and O–H groups in total. The molecule has 2 amide bonds. The normalized spacial score (nSPS) is 25.3. The molecular weight excluding hydrogens is 280 g/mol. The number of carbonyl (C=O) groups excluding carboxylic acids is 1. The third-order valence-corrected chi connectivity index (χ3v) is 3.34. The number of nitrogens with one attached hydrogen (secondary N) is 2. The molecule has 0 aromatic rings. The lowest BCUT2D eigenvalue weighted by atomic mass is 10.0. The molecule has 0 saturated carbocycles. The maximum Gasteiger partial charge on any atom is 0.314 e. The van der Waals surface area contributed by atoms with Gasteiger partial charge < -0.3 is 30.7 Å². The Bertz CT molecular complexity index is 339. The number of carboxylic acid groups (broad SMARTS) is 1. The summed E-state index contributed by atoms with van der Waals surface area (Å²) in [5.74, 6) is -0.811. The third kappa shape index (κ3) is 7.26. The third-order valence-electron chi connectivity index (χ3n) is 3.34. The molecule has 0 radical (unpaired) electrons. The van der Waals surface area contributed by atoms with Gasteiger partial charge in [0.25, 0.3) is 0 Å². The second-order valence-corrected chi connectivity index (χ2v) is 5.10. The Morgan fingerprint density at radius 2 is 1.90 bits per heavy atom. The van der Waals surface area contributed by atoms with E-state index in [9.17, 15) is 19.8 Å². The molecule has 8 heteroatoms. The van der Waals surface area contributed by atoms with Crippen LogP contribution in [0.15, 0.2) is 0 Å². The molecule has 8 nitrogen and oxygen atoms in total. The molecule has 1 saturated heterocycles. The van der Waals surface area contributed by atoms with Crippen LogP contribution in [0.25, 0.3) is 0 Å². The van der Waals surface area contributed by atoms with Gasteiger partial charge in [0.1, 0.15) is 12.2 Å². The molecule has 3 atom stereocenters. The summed E-state index contributed by atoms with van der Waals surface area (Å²) < 4.78 is 5.28. The fraction of sp³-hybridized carbons (Fsp3) is 0.846. The molecule has 0 aromatic heterocycles. The van der Waals surface area contributed by atoms with Crippen molar-refractivity contribution in [3.63, 3.8) is 0 Å². The highest BCUT2D eigenvalue weighted by atomic mass is 16.5. The predicted octanol–water partition coefficient (Wildman–Crippen LogP) is -0.559. The maximum absolute atomic E-state index is 11.5. The van der Waals surface area contributed by atoms with Gasteiger partial charge in [0.15, 0.2) is 0 Å². The number of ether oxygens (including phenoxy) is 1. The molecular formula is C13H24N2O6. The number of rotatable bonds is 8. The van der Waals surface area contributed by atoms with Crippen LogP contribution in [0.5, 0.6) is 0 Å². The van der Waals surface area contributed by atoms with Crippen molar-refractivity contribution in [1.29, 1.82) is 0 Å². The topological polar surface area (TPSA) is 128 Å². The van der Waals surface area contributed by atoms with Crippen molar-refractivity contribution < 1.29 is 29.6 Å². The number of hydrogen-bond donors (Lipinski definition) is 5. The number of aliphatic hydroxyl groups is 2. The number of amides is 2. The predicted molar refractivity (Wildman–Crippen MR) is 73.9 cm³/mol. The van der Waals surface area contributed by atoms with Gasteiger partial charge in [0.05, 0.1) is 6.10 Å². The van der Waals surface area contributed by atoms with Crippen LogP contribution >= 0.6 is 0 Å². The largest absolute Gasteiger partial charge is 0.481 e. The van der Waals surface area contributed by atoms with Crippen molar-refractivity contribution in [3.05, 3.63) is 0 Å². The lowest BCUT2D eigenvalue weighted by Crippen LogP contribution is -2.51. The van der Waals surface area contributed by atoms with E-state index in [1.54, 1.807) is 0 Å². The summed E-state index contributed by atoms with van der Waals surface area (Å²) in [7, 11) is 0. The molecule has 1 heterocycles. The fourth-order valence-electron chi connectivity index (χ4n) is 2.07. The summed E-state index contributed by atoms with van der Waals surface area (Å²) in [4.78, 5) is 21.8. The van der Waals surface area contributed by atoms with E-state index in [-0.39, 0.29) is 19.0 Å². The number of unbranched alkanes of at least 4 members (excludes halogenated alkanes) is 2. The molecule has 1 fully saturated rings. The van der Waals surface area contributed by atoms with Gasteiger partial charge in [-0.1, -0.05) is 6.42 Å². The van der Waals surface area contributed by atoms with Crippen LogP contribution in [0, 0.1) is 0 Å². The Morgan fingerprint density at radius 1 is 1.14 bits per heavy atom. The standard InChI is InChI=1S/C13H24N2O6/c16-9-5-7-21-10(12(9)19)8-15-13(20)14-6-3-1-2-4-11(17)18/h9-10,12,16,19H,1-8H2,(H,17,18)(H2,14,15,20). The summed E-state index contributed by atoms with van der Waals surface area (Å²) in [6, 6.07) is -0.371. The van der Waals surface area contributed by atoms with Crippen molar-refractivity contribution >= 4 is 12.0 Å². The monoisotopic (exact) mass is 304 g/mol. The van der Waals surface area contributed by atoms with Crippen LogP contribution < -0.4 is 10.6 Å². The van der Waals surface area contributed by atoms with Crippen LogP contribution in [0.4, 0.5) is 4.79 Å². The van der Waals surface area contributed by atoms with Gasteiger partial charge in [-0.3, -0.25) is 4.79 Å². The number of aliphatic hydroxyl groups excluding tert-OH is 2. The van der Waals surface area contributed by atoms with Crippen LogP contribution in [0.1, 0.15) is 32.1 Å². The maximum atomic E-state index is 11.5. The SMILES string of the molecule is O=C(O)CCCCCNC(=O)NCC1OCCC(O)C1O. The van der Waals surface area contributed by atoms with E-state index in [1.165, 1.54) is 0 Å². The van der Waals surface area contributed by atoms with Gasteiger partial charge in [-0.05, 0) is 19.3 Å². The number of carbonyl (C=O) groups is 2. The van der Waals surface area contributed by atoms with E-state index in [0.29, 0.717) is 32.4 Å². The highest BCUT2D eigenvalue weighted by Crippen LogP contribution is 2.13. The Morgan fingerprint density at radius 3 is 2.62 bits per heavy atom. The zero-order chi connectivity index (χ0) is 15.7. The van der Waals surface area contributed by atoms with Gasteiger partial charge in [-0.2, -0.15) is 0 Å². The van der Waals surface area contributed by atoms with Gasteiger partial charge in [-0.25, -0.2) is 4.79 Å². The van der Waals surface area contributed by atoms with Crippen molar-refractivity contribution in [2.75, 3.05) is 19.7 Å². The van der Waals surface area contributed by atoms with Gasteiger partial charge in [-0.15, -0.1) is 0 Å². The number of hydrogen-bond acceptors (Lipinski definition) is 5. The highest BCUT2D eigenvalue weighted by Gasteiger charge is 2.31. The first-order chi connectivity index (χ1) is 10.0. The Kier molecular flexibility index (Phi) is 8.03. The summed E-state index contributed by atoms with van der Waals surface area (Å²) in [6.45, 7) is 0.945. The fourth-order valence-corrected chi connectivity index (χ4v) is 2.07. The van der Waals surface area contributed by atoms with Crippen molar-refractivity contribution in [2.24, 2.45) is 0 Å². The zero-order valence-electron chi connectivity index (χ0n) is 12.0. The van der Waals surface area contributed by atoms with E-state index >= 15 is 0 Å². The molecule has 1 aliphatic heterocycles. The highest BCUT2D eigenvalue weighted by molar-refractivity contribution is 5.73. The first kappa shape index (κ1) is 17.7. The minimum atomic E-state index is -0.991. The van der Waals surface area contributed by atoms with Crippen LogP contribution in [-0.2, 0) is 9.53 Å². The molecule has 21 heavy (non-hydrogen) atoms. The Hall–Kier alpha value is -1.38. The number of aliphatic carboxylic acids is 1. The Labute approximate surface area is 123 Å². The second-order valence-electron chi connectivity index (χ2n) is 5.10. The van der Waals surface area contributed by atoms with Crippen molar-refractivity contribution in [2.45, 2.75) is 50.4 Å². The molecule has 0 aromatic carbocycles. The first-order valence-corrected chi connectivity index (χ1v) is 7.22. The van der Waals surface area contributed by atoms with Gasteiger partial charge >= 0.3 is 12.0 Å². The summed E-state index contributed by atoms with van der Waals surface area (Å²) >= 11 is 0. The van der Waals surface area contributed by atoms with Crippen LogP contribution in [-0.4, -0.2) is 65.3 Å². The Balaban J connectivity index is 2.04. The second kappa shape index (κ2) is 9.54. The van der Waals surface area contributed by atoms with E-state index in [0.717, 1.165) is 6.42 Å². The zero-order valence-corrected chi connectivity index (χ0v) is 12.0. The van der Waals surface area contributed by atoms with E-state index < -0.39 is 24.3 Å². The van der Waals surface area contributed by atoms with Crippen LogP contribution in [0.3, 0.4) is 0 Å². The molecule has 0 bridgehead atoms. The van der Waals surface area contributed by atoms with Gasteiger partial charge in [0.2, 0.25) is 0 Å². The van der Waals surface area contributed by atoms with E-state index in [1.807, 2.05) is 0 Å². The van der Waals surface area contributed by atoms with E-state index in [4.69, 9.17) is 9.84 Å². The summed E-state index contributed by atoms with van der Waals surface area (Å²) in [5, 5.41) is 32.8. The van der Waals surface area contributed by atoms with E-state index in [2.05, 4.69) is 10.6 Å².